The molecular formula is C11H10ClN3O. The molecule has 0 amide bonds. The van der Waals surface area contributed by atoms with Gasteiger partial charge < -0.3 is 10.5 Å². The molecule has 1 heterocycles. The maximum absolute atomic E-state index is 5.88. The van der Waals surface area contributed by atoms with Crippen molar-refractivity contribution < 1.29 is 4.74 Å². The number of hydrogen-bond acceptors (Lipinski definition) is 4. The standard InChI is InChI=1S/C11H10ClN3O/c1-16-8-4-2-3-7(5-8)10-6-9(12)11(13)15-14-10/h2-6H,1H3,(H2,13,15). The van der Waals surface area contributed by atoms with Crippen molar-refractivity contribution in [1.82, 2.24) is 10.2 Å². The molecular weight excluding hydrogens is 226 g/mol. The molecule has 0 fully saturated rings. The van der Waals surface area contributed by atoms with Crippen LogP contribution in [0.2, 0.25) is 5.02 Å². The normalized spacial score (nSPS) is 10.1. The molecule has 1 aromatic carbocycles. The van der Waals surface area contributed by atoms with Gasteiger partial charge in [-0.15, -0.1) is 10.2 Å². The van der Waals surface area contributed by atoms with Crippen molar-refractivity contribution in [3.8, 4) is 17.0 Å². The molecule has 0 radical (unpaired) electrons. The number of halogens is 1. The Morgan fingerprint density at radius 2 is 2.06 bits per heavy atom. The summed E-state index contributed by atoms with van der Waals surface area (Å²) in [7, 11) is 1.61. The second-order valence-electron chi connectivity index (χ2n) is 3.19. The van der Waals surface area contributed by atoms with E-state index in [0.29, 0.717) is 10.7 Å². The van der Waals surface area contributed by atoms with E-state index in [4.69, 9.17) is 22.1 Å². The predicted octanol–water partition coefficient (Wildman–Crippen LogP) is 2.39. The van der Waals surface area contributed by atoms with E-state index in [2.05, 4.69) is 10.2 Å². The van der Waals surface area contributed by atoms with Gasteiger partial charge in [0, 0.05) is 5.56 Å². The minimum Gasteiger partial charge on any atom is -0.497 e. The van der Waals surface area contributed by atoms with Gasteiger partial charge in [0.05, 0.1) is 17.8 Å². The van der Waals surface area contributed by atoms with Gasteiger partial charge in [0.25, 0.3) is 0 Å². The number of nitrogens with two attached hydrogens (primary N) is 1. The molecule has 5 heteroatoms. The first-order chi connectivity index (χ1) is 7.70. The summed E-state index contributed by atoms with van der Waals surface area (Å²) < 4.78 is 5.12. The van der Waals surface area contributed by atoms with Crippen LogP contribution in [-0.4, -0.2) is 17.3 Å². The van der Waals surface area contributed by atoms with E-state index in [0.717, 1.165) is 11.3 Å². The van der Waals surface area contributed by atoms with Crippen LogP contribution in [0.1, 0.15) is 0 Å². The third kappa shape index (κ3) is 2.06. The van der Waals surface area contributed by atoms with Crippen LogP contribution in [0.5, 0.6) is 5.75 Å². The van der Waals surface area contributed by atoms with E-state index in [1.165, 1.54) is 0 Å². The third-order valence-electron chi connectivity index (χ3n) is 2.14. The van der Waals surface area contributed by atoms with Crippen molar-refractivity contribution in [3.05, 3.63) is 35.4 Å². The number of aromatic nitrogens is 2. The van der Waals surface area contributed by atoms with Crippen LogP contribution in [0.3, 0.4) is 0 Å². The highest BCUT2D eigenvalue weighted by Gasteiger charge is 2.05. The summed E-state index contributed by atoms with van der Waals surface area (Å²) in [6.45, 7) is 0. The molecule has 0 unspecified atom stereocenters. The molecule has 0 aliphatic rings. The number of ether oxygens (including phenoxy) is 1. The Morgan fingerprint density at radius 3 is 2.75 bits per heavy atom. The number of nitrogens with zero attached hydrogens (tertiary/aromatic N) is 2. The number of hydrogen-bond donors (Lipinski definition) is 1. The third-order valence-corrected chi connectivity index (χ3v) is 2.44. The van der Waals surface area contributed by atoms with Crippen molar-refractivity contribution in [2.75, 3.05) is 12.8 Å². The molecule has 16 heavy (non-hydrogen) atoms. The summed E-state index contributed by atoms with van der Waals surface area (Å²) in [4.78, 5) is 0. The van der Waals surface area contributed by atoms with Crippen molar-refractivity contribution in [3.63, 3.8) is 0 Å². The number of benzene rings is 1. The minimum atomic E-state index is 0.230. The topological polar surface area (TPSA) is 61.0 Å². The molecule has 2 rings (SSSR count). The number of methoxy groups -OCH3 is 1. The van der Waals surface area contributed by atoms with Crippen LogP contribution >= 0.6 is 11.6 Å². The van der Waals surface area contributed by atoms with Gasteiger partial charge in [-0.05, 0) is 18.2 Å². The van der Waals surface area contributed by atoms with Gasteiger partial charge in [0.2, 0.25) is 0 Å². The highest BCUT2D eigenvalue weighted by atomic mass is 35.5. The summed E-state index contributed by atoms with van der Waals surface area (Å²) in [5.74, 6) is 0.987. The Kier molecular flexibility index (Phi) is 2.92. The smallest absolute Gasteiger partial charge is 0.164 e. The fourth-order valence-corrected chi connectivity index (χ4v) is 1.44. The van der Waals surface area contributed by atoms with Gasteiger partial charge in [-0.2, -0.15) is 0 Å². The fraction of sp³-hybridized carbons (Fsp3) is 0.0909. The van der Waals surface area contributed by atoms with Crippen LogP contribution in [0, 0.1) is 0 Å². The lowest BCUT2D eigenvalue weighted by Gasteiger charge is -2.04. The largest absolute Gasteiger partial charge is 0.497 e. The second-order valence-corrected chi connectivity index (χ2v) is 3.60. The first kappa shape index (κ1) is 10.7. The van der Waals surface area contributed by atoms with Crippen LogP contribution in [0.25, 0.3) is 11.3 Å². The molecule has 4 nitrogen and oxygen atoms in total. The van der Waals surface area contributed by atoms with Crippen molar-refractivity contribution in [2.24, 2.45) is 0 Å². The molecule has 0 aliphatic carbocycles. The van der Waals surface area contributed by atoms with Crippen LogP contribution in [-0.2, 0) is 0 Å². The van der Waals surface area contributed by atoms with Crippen LogP contribution in [0.4, 0.5) is 5.82 Å². The summed E-state index contributed by atoms with van der Waals surface area (Å²) in [5, 5.41) is 8.13. The molecule has 0 spiro atoms. The zero-order valence-electron chi connectivity index (χ0n) is 8.64. The summed E-state index contributed by atoms with van der Waals surface area (Å²) >= 11 is 5.88. The minimum absolute atomic E-state index is 0.230. The average Bonchev–Trinajstić information content (AvgIpc) is 2.33. The van der Waals surface area contributed by atoms with Gasteiger partial charge in [0.15, 0.2) is 5.82 Å². The van der Waals surface area contributed by atoms with Gasteiger partial charge in [-0.3, -0.25) is 0 Å². The van der Waals surface area contributed by atoms with E-state index in [9.17, 15) is 0 Å². The molecule has 2 N–H and O–H groups in total. The lowest BCUT2D eigenvalue weighted by Crippen LogP contribution is -1.95. The van der Waals surface area contributed by atoms with Crippen molar-refractivity contribution in [2.45, 2.75) is 0 Å². The maximum atomic E-state index is 5.88. The summed E-state index contributed by atoms with van der Waals surface area (Å²) in [6.07, 6.45) is 0. The highest BCUT2D eigenvalue weighted by molar-refractivity contribution is 6.32. The van der Waals surface area contributed by atoms with Crippen LogP contribution < -0.4 is 10.5 Å². The lowest BCUT2D eigenvalue weighted by atomic mass is 10.1. The van der Waals surface area contributed by atoms with E-state index in [-0.39, 0.29) is 5.82 Å². The number of rotatable bonds is 2. The summed E-state index contributed by atoms with van der Waals surface area (Å²) in [6, 6.07) is 9.17. The second kappa shape index (κ2) is 4.37. The zero-order valence-corrected chi connectivity index (χ0v) is 9.40. The van der Waals surface area contributed by atoms with Gasteiger partial charge in [-0.1, -0.05) is 23.7 Å². The van der Waals surface area contributed by atoms with E-state index >= 15 is 0 Å². The molecule has 1 aromatic heterocycles. The molecule has 0 atom stereocenters. The predicted molar refractivity (Wildman–Crippen MR) is 63.4 cm³/mol. The van der Waals surface area contributed by atoms with E-state index < -0.39 is 0 Å². The quantitative estimate of drug-likeness (QED) is 0.868. The van der Waals surface area contributed by atoms with Crippen molar-refractivity contribution >= 4 is 17.4 Å². The monoisotopic (exact) mass is 235 g/mol. The average molecular weight is 236 g/mol. The number of nitrogen functional groups attached to an aromatic ring is 1. The summed E-state index contributed by atoms with van der Waals surface area (Å²) in [5.41, 5.74) is 7.04. The van der Waals surface area contributed by atoms with Crippen LogP contribution in [0.15, 0.2) is 30.3 Å². The molecule has 2 aromatic rings. The Balaban J connectivity index is 2.46. The van der Waals surface area contributed by atoms with Gasteiger partial charge in [-0.25, -0.2) is 0 Å². The Labute approximate surface area is 98.0 Å². The molecule has 0 saturated carbocycles. The van der Waals surface area contributed by atoms with Gasteiger partial charge in [0.1, 0.15) is 5.75 Å². The molecule has 0 saturated heterocycles. The molecule has 0 aliphatic heterocycles. The zero-order chi connectivity index (χ0) is 11.5. The highest BCUT2D eigenvalue weighted by Crippen LogP contribution is 2.25. The first-order valence-corrected chi connectivity index (χ1v) is 5.01. The van der Waals surface area contributed by atoms with Crippen molar-refractivity contribution in [1.29, 1.82) is 0 Å². The molecule has 0 bridgehead atoms. The van der Waals surface area contributed by atoms with Gasteiger partial charge >= 0.3 is 0 Å². The number of anilines is 1. The Bertz CT molecular complexity index is 516. The lowest BCUT2D eigenvalue weighted by molar-refractivity contribution is 0.415. The Morgan fingerprint density at radius 1 is 1.25 bits per heavy atom. The van der Waals surface area contributed by atoms with E-state index in [1.54, 1.807) is 13.2 Å². The maximum Gasteiger partial charge on any atom is 0.164 e. The fourth-order valence-electron chi connectivity index (χ4n) is 1.30. The van der Waals surface area contributed by atoms with E-state index in [1.807, 2.05) is 24.3 Å². The molecule has 82 valence electrons. The SMILES string of the molecule is COc1cccc(-c2cc(Cl)c(N)nn2)c1. The first-order valence-electron chi connectivity index (χ1n) is 4.64. The Hall–Kier alpha value is -1.81.